The van der Waals surface area contributed by atoms with Crippen LogP contribution in [0, 0.1) is 13.8 Å². The third-order valence-corrected chi connectivity index (χ3v) is 4.39. The lowest BCUT2D eigenvalue weighted by Gasteiger charge is -2.06. The molecule has 0 saturated heterocycles. The molecule has 5 nitrogen and oxygen atoms in total. The lowest BCUT2D eigenvalue weighted by Crippen LogP contribution is -2.21. The average molecular weight is 332 g/mol. The van der Waals surface area contributed by atoms with E-state index in [1.807, 2.05) is 62.4 Å². The van der Waals surface area contributed by atoms with Gasteiger partial charge in [-0.2, -0.15) is 0 Å². The maximum absolute atomic E-state index is 12.5. The molecule has 2 aromatic heterocycles. The van der Waals surface area contributed by atoms with Crippen molar-refractivity contribution in [3.63, 3.8) is 0 Å². The summed E-state index contributed by atoms with van der Waals surface area (Å²) < 4.78 is 7.84. The molecule has 0 saturated carbocycles. The van der Waals surface area contributed by atoms with E-state index in [-0.39, 0.29) is 0 Å². The first-order valence-electron chi connectivity index (χ1n) is 7.96. The zero-order chi connectivity index (χ0) is 17.6. The van der Waals surface area contributed by atoms with E-state index in [1.165, 1.54) is 9.13 Å². The molecular formula is C20H16N2O3. The topological polar surface area (TPSA) is 53.2 Å². The van der Waals surface area contributed by atoms with Crippen molar-refractivity contribution >= 4 is 34.0 Å². The highest BCUT2D eigenvalue weighted by atomic mass is 16.6. The van der Waals surface area contributed by atoms with Crippen LogP contribution >= 0.6 is 0 Å². The lowest BCUT2D eigenvalue weighted by atomic mass is 10.2. The van der Waals surface area contributed by atoms with Crippen molar-refractivity contribution < 1.29 is 14.3 Å². The summed E-state index contributed by atoms with van der Waals surface area (Å²) >= 11 is 0. The van der Waals surface area contributed by atoms with Crippen LogP contribution in [-0.2, 0) is 4.74 Å². The van der Waals surface area contributed by atoms with Gasteiger partial charge in [-0.3, -0.25) is 9.13 Å². The fraction of sp³-hybridized carbons (Fsp3) is 0.100. The van der Waals surface area contributed by atoms with Gasteiger partial charge in [-0.25, -0.2) is 9.59 Å². The monoisotopic (exact) mass is 332 g/mol. The summed E-state index contributed by atoms with van der Waals surface area (Å²) in [5.74, 6) is 0. The van der Waals surface area contributed by atoms with Gasteiger partial charge in [0.05, 0.1) is 11.0 Å². The Morgan fingerprint density at radius 1 is 0.720 bits per heavy atom. The van der Waals surface area contributed by atoms with Gasteiger partial charge in [0.2, 0.25) is 0 Å². The molecule has 25 heavy (non-hydrogen) atoms. The fourth-order valence-electron chi connectivity index (χ4n) is 3.17. The summed E-state index contributed by atoms with van der Waals surface area (Å²) in [5, 5.41) is 1.91. The highest BCUT2D eigenvalue weighted by molar-refractivity contribution is 5.98. The minimum atomic E-state index is -0.718. The normalized spacial score (nSPS) is 11.1. The summed E-state index contributed by atoms with van der Waals surface area (Å²) in [6.45, 7) is 3.83. The Labute approximate surface area is 144 Å². The molecule has 0 radical (unpaired) electrons. The van der Waals surface area contributed by atoms with Gasteiger partial charge in [0.1, 0.15) is 0 Å². The van der Waals surface area contributed by atoms with E-state index >= 15 is 0 Å². The Morgan fingerprint density at radius 3 is 1.56 bits per heavy atom. The van der Waals surface area contributed by atoms with E-state index in [9.17, 15) is 9.59 Å². The predicted octanol–water partition coefficient (Wildman–Crippen LogP) is 4.87. The molecule has 0 aliphatic rings. The molecule has 5 heteroatoms. The average Bonchev–Trinajstić information content (AvgIpc) is 3.14. The second kappa shape index (κ2) is 5.63. The third kappa shape index (κ3) is 2.41. The van der Waals surface area contributed by atoms with E-state index in [0.717, 1.165) is 21.9 Å². The highest BCUT2D eigenvalue weighted by Crippen LogP contribution is 2.22. The van der Waals surface area contributed by atoms with E-state index in [2.05, 4.69) is 0 Å². The summed E-state index contributed by atoms with van der Waals surface area (Å²) in [6, 6.07) is 15.0. The number of ether oxygens (including phenoxy) is 1. The maximum Gasteiger partial charge on any atom is 0.427 e. The van der Waals surface area contributed by atoms with Gasteiger partial charge in [-0.15, -0.1) is 0 Å². The summed E-state index contributed by atoms with van der Waals surface area (Å²) in [7, 11) is 0. The number of para-hydroxylation sites is 2. The second-order valence-corrected chi connectivity index (χ2v) is 6.03. The molecule has 0 fully saturated rings. The maximum atomic E-state index is 12.5. The fourth-order valence-corrected chi connectivity index (χ4v) is 3.17. The van der Waals surface area contributed by atoms with Crippen molar-refractivity contribution in [2.24, 2.45) is 0 Å². The van der Waals surface area contributed by atoms with Crippen LogP contribution in [0.2, 0.25) is 0 Å². The molecule has 4 aromatic rings. The van der Waals surface area contributed by atoms with Crippen molar-refractivity contribution in [1.82, 2.24) is 9.13 Å². The van der Waals surface area contributed by atoms with Gasteiger partial charge in [0.15, 0.2) is 0 Å². The first kappa shape index (κ1) is 15.2. The standard InChI is InChI=1S/C20H16N2O3/c1-13-11-21(17-9-5-3-7-15(13)17)19(23)25-20(24)22-12-14(2)16-8-4-6-10-18(16)22/h3-12H,1-2H3. The molecular weight excluding hydrogens is 316 g/mol. The minimum absolute atomic E-state index is 0.714. The minimum Gasteiger partial charge on any atom is -0.358 e. The summed E-state index contributed by atoms with van der Waals surface area (Å²) in [4.78, 5) is 25.0. The molecule has 0 bridgehead atoms. The molecule has 0 spiro atoms. The van der Waals surface area contributed by atoms with Crippen LogP contribution < -0.4 is 0 Å². The number of fused-ring (bicyclic) bond motifs is 2. The quantitative estimate of drug-likeness (QED) is 0.432. The van der Waals surface area contributed by atoms with Gasteiger partial charge in [0.25, 0.3) is 0 Å². The second-order valence-electron chi connectivity index (χ2n) is 6.03. The smallest absolute Gasteiger partial charge is 0.358 e. The van der Waals surface area contributed by atoms with Gasteiger partial charge < -0.3 is 4.74 Å². The first-order chi connectivity index (χ1) is 12.1. The molecule has 0 amide bonds. The zero-order valence-corrected chi connectivity index (χ0v) is 13.9. The summed E-state index contributed by atoms with van der Waals surface area (Å²) in [6.07, 6.45) is 1.92. The van der Waals surface area contributed by atoms with Crippen LogP contribution in [0.3, 0.4) is 0 Å². The highest BCUT2D eigenvalue weighted by Gasteiger charge is 2.19. The Hall–Kier alpha value is -3.34. The van der Waals surface area contributed by atoms with Gasteiger partial charge >= 0.3 is 12.2 Å². The number of rotatable bonds is 0. The number of hydrogen-bond donors (Lipinski definition) is 0. The van der Waals surface area contributed by atoms with Gasteiger partial charge in [0, 0.05) is 23.2 Å². The van der Waals surface area contributed by atoms with Crippen molar-refractivity contribution in [3.8, 4) is 0 Å². The number of carbonyl (C=O) groups excluding carboxylic acids is 2. The van der Waals surface area contributed by atoms with Gasteiger partial charge in [-0.05, 0) is 37.1 Å². The number of nitrogens with zero attached hydrogens (tertiary/aromatic N) is 2. The molecule has 124 valence electrons. The van der Waals surface area contributed by atoms with E-state index in [0.29, 0.717) is 11.0 Å². The molecule has 2 aromatic carbocycles. The Bertz CT molecular complexity index is 1040. The Morgan fingerprint density at radius 2 is 1.12 bits per heavy atom. The largest absolute Gasteiger partial charge is 0.427 e. The number of aryl methyl sites for hydroxylation is 2. The van der Waals surface area contributed by atoms with Crippen molar-refractivity contribution in [2.75, 3.05) is 0 Å². The molecule has 0 unspecified atom stereocenters. The molecule has 0 aliphatic heterocycles. The number of carbonyl (C=O) groups is 2. The van der Waals surface area contributed by atoms with Crippen LogP contribution in [0.5, 0.6) is 0 Å². The predicted molar refractivity (Wildman–Crippen MR) is 96.0 cm³/mol. The van der Waals surface area contributed by atoms with Crippen molar-refractivity contribution in [1.29, 1.82) is 0 Å². The molecule has 2 heterocycles. The molecule has 0 N–H and O–H groups in total. The number of aromatic nitrogens is 2. The zero-order valence-electron chi connectivity index (χ0n) is 13.9. The molecule has 0 atom stereocenters. The Balaban J connectivity index is 1.69. The SMILES string of the molecule is Cc1cn(C(=O)OC(=O)n2cc(C)c3ccccc32)c2ccccc12. The van der Waals surface area contributed by atoms with E-state index in [4.69, 9.17) is 4.74 Å². The number of hydrogen-bond acceptors (Lipinski definition) is 3. The van der Waals surface area contributed by atoms with Crippen molar-refractivity contribution in [2.45, 2.75) is 13.8 Å². The van der Waals surface area contributed by atoms with Crippen LogP contribution in [-0.4, -0.2) is 21.3 Å². The van der Waals surface area contributed by atoms with Crippen LogP contribution in [0.25, 0.3) is 21.8 Å². The van der Waals surface area contributed by atoms with Crippen LogP contribution in [0.15, 0.2) is 60.9 Å². The van der Waals surface area contributed by atoms with Gasteiger partial charge in [-0.1, -0.05) is 36.4 Å². The van der Waals surface area contributed by atoms with Crippen LogP contribution in [0.4, 0.5) is 9.59 Å². The third-order valence-electron chi connectivity index (χ3n) is 4.39. The number of benzene rings is 2. The van der Waals surface area contributed by atoms with Crippen LogP contribution in [0.1, 0.15) is 11.1 Å². The van der Waals surface area contributed by atoms with Crippen molar-refractivity contribution in [3.05, 3.63) is 72.1 Å². The molecule has 4 rings (SSSR count). The lowest BCUT2D eigenvalue weighted by molar-refractivity contribution is 0.154. The van der Waals surface area contributed by atoms with E-state index in [1.54, 1.807) is 12.4 Å². The Kier molecular flexibility index (Phi) is 3.42. The summed E-state index contributed by atoms with van der Waals surface area (Å²) in [5.41, 5.74) is 3.32. The van der Waals surface area contributed by atoms with E-state index < -0.39 is 12.2 Å². The molecule has 0 aliphatic carbocycles. The first-order valence-corrected chi connectivity index (χ1v) is 7.96.